The minimum Gasteiger partial charge on any atom is -0.311 e. The van der Waals surface area contributed by atoms with Crippen LogP contribution in [0.4, 0.5) is 0 Å². The Kier molecular flexibility index (Phi) is 3.06. The van der Waals surface area contributed by atoms with Crippen LogP contribution >= 0.6 is 11.3 Å². The van der Waals surface area contributed by atoms with Crippen molar-refractivity contribution in [3.8, 4) is 11.4 Å². The predicted octanol–water partition coefficient (Wildman–Crippen LogP) is 6.04. The van der Waals surface area contributed by atoms with Gasteiger partial charge in [-0.2, -0.15) is 0 Å². The van der Waals surface area contributed by atoms with E-state index in [0.717, 1.165) is 12.8 Å². The van der Waals surface area contributed by atoms with Crippen molar-refractivity contribution in [3.63, 3.8) is 0 Å². The minimum absolute atomic E-state index is 0.254. The molecule has 2 nitrogen and oxygen atoms in total. The Morgan fingerprint density at radius 3 is 2.53 bits per heavy atom. The number of aromatic nitrogens is 2. The maximum absolute atomic E-state index is 2.60. The highest BCUT2D eigenvalue weighted by molar-refractivity contribution is 7.33. The molecule has 3 aliphatic rings. The fourth-order valence-electron chi connectivity index (χ4n) is 7.47. The number of fused-ring (bicyclic) bond motifs is 14. The third kappa shape index (κ3) is 1.87. The minimum atomic E-state index is 0.254. The normalized spacial score (nSPS) is 14.8. The second-order valence-corrected chi connectivity index (χ2v) is 11.5. The molecule has 0 fully saturated rings. The molecular formula is C32H19BN2S. The van der Waals surface area contributed by atoms with Crippen molar-refractivity contribution >= 4 is 82.6 Å². The summed E-state index contributed by atoms with van der Waals surface area (Å²) in [5.41, 5.74) is 12.7. The Bertz CT molecular complexity index is 2170. The van der Waals surface area contributed by atoms with Crippen molar-refractivity contribution in [3.05, 3.63) is 96.2 Å². The third-order valence-corrected chi connectivity index (χ3v) is 9.99. The van der Waals surface area contributed by atoms with Crippen LogP contribution in [-0.4, -0.2) is 15.8 Å². The number of benzene rings is 4. The zero-order valence-corrected chi connectivity index (χ0v) is 20.3. The van der Waals surface area contributed by atoms with Crippen LogP contribution in [0, 0.1) is 0 Å². The Morgan fingerprint density at radius 1 is 0.750 bits per heavy atom. The molecule has 4 aromatic carbocycles. The summed E-state index contributed by atoms with van der Waals surface area (Å²) in [5, 5.41) is 5.57. The Labute approximate surface area is 211 Å². The van der Waals surface area contributed by atoms with Crippen molar-refractivity contribution in [2.45, 2.75) is 12.8 Å². The maximum Gasteiger partial charge on any atom is 0.264 e. The number of allylic oxidation sites excluding steroid dienone is 1. The van der Waals surface area contributed by atoms with Gasteiger partial charge in [0.1, 0.15) is 0 Å². The van der Waals surface area contributed by atoms with Crippen LogP contribution in [0.2, 0.25) is 0 Å². The Morgan fingerprint density at radius 2 is 1.56 bits per heavy atom. The van der Waals surface area contributed by atoms with Gasteiger partial charge < -0.3 is 9.13 Å². The Balaban J connectivity index is 1.57. The van der Waals surface area contributed by atoms with Crippen LogP contribution < -0.4 is 15.7 Å². The van der Waals surface area contributed by atoms with Gasteiger partial charge in [0.05, 0.1) is 22.2 Å². The molecule has 0 saturated carbocycles. The number of hydrogen-bond acceptors (Lipinski definition) is 1. The van der Waals surface area contributed by atoms with Gasteiger partial charge in [-0.15, -0.1) is 11.3 Å². The van der Waals surface area contributed by atoms with Gasteiger partial charge in [-0.1, -0.05) is 60.7 Å². The molecule has 0 amide bonds. The molecule has 5 heterocycles. The van der Waals surface area contributed by atoms with Gasteiger partial charge in [0.15, 0.2) is 0 Å². The van der Waals surface area contributed by atoms with E-state index < -0.39 is 0 Å². The number of para-hydroxylation sites is 2. The molecule has 0 saturated heterocycles. The highest BCUT2D eigenvalue weighted by atomic mass is 32.1. The first-order chi connectivity index (χ1) is 17.9. The van der Waals surface area contributed by atoms with Crippen molar-refractivity contribution in [1.82, 2.24) is 9.13 Å². The molecule has 0 bridgehead atoms. The lowest BCUT2D eigenvalue weighted by atomic mass is 9.37. The topological polar surface area (TPSA) is 9.86 Å². The fourth-order valence-corrected chi connectivity index (χ4v) is 8.79. The predicted molar refractivity (Wildman–Crippen MR) is 155 cm³/mol. The van der Waals surface area contributed by atoms with E-state index in [4.69, 9.17) is 0 Å². The van der Waals surface area contributed by atoms with E-state index in [0.29, 0.717) is 0 Å². The number of rotatable bonds is 0. The zero-order valence-electron chi connectivity index (χ0n) is 19.5. The maximum atomic E-state index is 2.60. The van der Waals surface area contributed by atoms with E-state index in [9.17, 15) is 0 Å². The molecule has 0 radical (unpaired) electrons. The summed E-state index contributed by atoms with van der Waals surface area (Å²) in [4.78, 5) is 0. The number of thiophene rings is 1. The van der Waals surface area contributed by atoms with Crippen LogP contribution in [0.1, 0.15) is 17.7 Å². The number of hydrogen-bond donors (Lipinski definition) is 0. The smallest absolute Gasteiger partial charge is 0.264 e. The van der Waals surface area contributed by atoms with Crippen molar-refractivity contribution in [1.29, 1.82) is 0 Å². The first kappa shape index (κ1) is 18.3. The first-order valence-electron chi connectivity index (χ1n) is 12.8. The van der Waals surface area contributed by atoms with Gasteiger partial charge >= 0.3 is 0 Å². The summed E-state index contributed by atoms with van der Waals surface area (Å²) < 4.78 is 8.04. The average molecular weight is 474 g/mol. The summed E-state index contributed by atoms with van der Waals surface area (Å²) in [5.74, 6) is 0. The van der Waals surface area contributed by atoms with Crippen molar-refractivity contribution < 1.29 is 0 Å². The largest absolute Gasteiger partial charge is 0.311 e. The summed E-state index contributed by atoms with van der Waals surface area (Å²) in [6.45, 7) is 0.254. The first-order valence-corrected chi connectivity index (χ1v) is 13.6. The lowest BCUT2D eigenvalue weighted by Crippen LogP contribution is -2.58. The van der Waals surface area contributed by atoms with Crippen LogP contribution in [0.5, 0.6) is 0 Å². The molecule has 36 heavy (non-hydrogen) atoms. The lowest BCUT2D eigenvalue weighted by Gasteiger charge is -2.31. The van der Waals surface area contributed by atoms with Gasteiger partial charge in [0.2, 0.25) is 0 Å². The van der Waals surface area contributed by atoms with Gasteiger partial charge in [-0.3, -0.25) is 0 Å². The third-order valence-electron chi connectivity index (χ3n) is 8.76. The van der Waals surface area contributed by atoms with Crippen molar-refractivity contribution in [2.24, 2.45) is 0 Å². The monoisotopic (exact) mass is 474 g/mol. The molecule has 166 valence electrons. The number of aryl methyl sites for hydroxylation is 1. The van der Waals surface area contributed by atoms with Gasteiger partial charge in [0.25, 0.3) is 6.71 Å². The standard InChI is InChI=1S/C32H19BN2S/c1-5-13-24-18(9-1)21-17-22-19-10-2-6-14-25(19)35-30(22)28-29(21)34(24)26-15-7-4-12-23(26)33(28)32-31(35)20-11-3-8-16-27(20)36-32/h2-8,10-17H,1,9H2. The second-order valence-electron chi connectivity index (χ2n) is 10.4. The van der Waals surface area contributed by atoms with E-state index in [-0.39, 0.29) is 6.71 Å². The van der Waals surface area contributed by atoms with Crippen LogP contribution in [-0.2, 0) is 6.42 Å². The molecule has 3 aromatic heterocycles. The molecule has 0 N–H and O–H groups in total. The SMILES string of the molecule is C1=Cc2c(c3cc4c5ccccc5n5c4c4c3n2-c2ccccc2B4c2sc3ccccc3c2-5)CC1. The van der Waals surface area contributed by atoms with E-state index in [1.807, 2.05) is 11.3 Å². The molecule has 0 spiro atoms. The van der Waals surface area contributed by atoms with Gasteiger partial charge in [-0.25, -0.2) is 0 Å². The van der Waals surface area contributed by atoms with Crippen LogP contribution in [0.25, 0.3) is 60.2 Å². The lowest BCUT2D eigenvalue weighted by molar-refractivity contribution is 0.969. The molecule has 0 unspecified atom stereocenters. The molecule has 1 aliphatic carbocycles. The molecular weight excluding hydrogens is 455 g/mol. The van der Waals surface area contributed by atoms with Gasteiger partial charge in [0, 0.05) is 42.4 Å². The van der Waals surface area contributed by atoms with E-state index in [1.165, 1.54) is 81.1 Å². The zero-order chi connectivity index (χ0) is 23.1. The quantitative estimate of drug-likeness (QED) is 0.237. The molecule has 4 heteroatoms. The van der Waals surface area contributed by atoms with Crippen molar-refractivity contribution in [2.75, 3.05) is 0 Å². The molecule has 10 rings (SSSR count). The highest BCUT2D eigenvalue weighted by Gasteiger charge is 2.43. The van der Waals surface area contributed by atoms with E-state index in [2.05, 4.69) is 100 Å². The number of nitrogens with zero attached hydrogens (tertiary/aromatic N) is 2. The van der Waals surface area contributed by atoms with E-state index in [1.54, 1.807) is 0 Å². The molecule has 7 aromatic rings. The molecule has 2 aliphatic heterocycles. The van der Waals surface area contributed by atoms with Crippen LogP contribution in [0.3, 0.4) is 0 Å². The summed E-state index contributed by atoms with van der Waals surface area (Å²) >= 11 is 1.98. The molecule has 0 atom stereocenters. The summed E-state index contributed by atoms with van der Waals surface area (Å²) in [6, 6.07) is 29.7. The Hall–Kier alpha value is -4.02. The highest BCUT2D eigenvalue weighted by Crippen LogP contribution is 2.44. The van der Waals surface area contributed by atoms with Crippen LogP contribution in [0.15, 0.2) is 84.9 Å². The summed E-state index contributed by atoms with van der Waals surface area (Å²) in [7, 11) is 0. The van der Waals surface area contributed by atoms with E-state index >= 15 is 0 Å². The average Bonchev–Trinajstić information content (AvgIpc) is 3.58. The fraction of sp³-hybridized carbons (Fsp3) is 0.0625. The summed E-state index contributed by atoms with van der Waals surface area (Å²) in [6.07, 6.45) is 6.95. The second kappa shape index (κ2) is 6.03. The van der Waals surface area contributed by atoms with Gasteiger partial charge in [-0.05, 0) is 59.7 Å².